The van der Waals surface area contributed by atoms with Gasteiger partial charge in [0.1, 0.15) is 6.61 Å². The fourth-order valence-electron chi connectivity index (χ4n) is 4.60. The van der Waals surface area contributed by atoms with Crippen LogP contribution in [0.25, 0.3) is 0 Å². The first-order chi connectivity index (χ1) is 18.5. The van der Waals surface area contributed by atoms with Crippen molar-refractivity contribution in [3.63, 3.8) is 0 Å². The van der Waals surface area contributed by atoms with Crippen molar-refractivity contribution in [2.24, 2.45) is 23.7 Å². The van der Waals surface area contributed by atoms with Gasteiger partial charge in [0.25, 0.3) is 5.91 Å². The Bertz CT molecular complexity index is 1190. The Morgan fingerprint density at radius 2 is 1.72 bits per heavy atom. The summed E-state index contributed by atoms with van der Waals surface area (Å²) < 4.78 is 5.37. The lowest BCUT2D eigenvalue weighted by molar-refractivity contribution is -0.149. The summed E-state index contributed by atoms with van der Waals surface area (Å²) in [5.41, 5.74) is 2.38. The summed E-state index contributed by atoms with van der Waals surface area (Å²) in [5.74, 6) is -4.71. The molecule has 3 unspecified atom stereocenters. The quantitative estimate of drug-likeness (QED) is 0.334. The summed E-state index contributed by atoms with van der Waals surface area (Å²) in [6, 6.07) is 10.2. The van der Waals surface area contributed by atoms with E-state index in [1.54, 1.807) is 26.2 Å². The van der Waals surface area contributed by atoms with E-state index in [2.05, 4.69) is 15.6 Å². The van der Waals surface area contributed by atoms with Gasteiger partial charge in [0.2, 0.25) is 11.7 Å². The minimum atomic E-state index is -0.882. The smallest absolute Gasteiger partial charge is 0.306 e. The minimum absolute atomic E-state index is 0.112. The largest absolute Gasteiger partial charge is 0.461 e. The average Bonchev–Trinajstić information content (AvgIpc) is 2.94. The third-order valence-electron chi connectivity index (χ3n) is 6.91. The lowest BCUT2D eigenvalue weighted by Gasteiger charge is -2.27. The van der Waals surface area contributed by atoms with E-state index < -0.39 is 41.4 Å². The highest BCUT2D eigenvalue weighted by Crippen LogP contribution is 2.21. The standard InChI is InChI=1S/C30H37N3O6/c1-18(2)24(13-26(35)39-17-20-8-6-5-7-9-20)29(37)33-27(19(3)4)25(34)12-23-11-21-10-22(15-31-14-21)16-32-30(38)28(23)36/h5-10,14-15,18-19,23-24,27H,11-13,16-17H2,1-4H3,(H,32,38)(H,33,37). The second-order valence-electron chi connectivity index (χ2n) is 10.8. The first kappa shape index (κ1) is 29.7. The molecule has 208 valence electrons. The van der Waals surface area contributed by atoms with Crippen molar-refractivity contribution in [1.82, 2.24) is 15.6 Å². The van der Waals surface area contributed by atoms with Crippen molar-refractivity contribution in [2.45, 2.75) is 66.2 Å². The van der Waals surface area contributed by atoms with E-state index in [1.165, 1.54) is 0 Å². The van der Waals surface area contributed by atoms with E-state index in [9.17, 15) is 24.0 Å². The molecule has 2 aromatic rings. The number of hydrogen-bond donors (Lipinski definition) is 2. The first-order valence-electron chi connectivity index (χ1n) is 13.3. The van der Waals surface area contributed by atoms with E-state index in [-0.39, 0.29) is 50.0 Å². The molecule has 9 nitrogen and oxygen atoms in total. The van der Waals surface area contributed by atoms with Crippen LogP contribution in [0.15, 0.2) is 48.8 Å². The molecule has 0 saturated carbocycles. The Morgan fingerprint density at radius 3 is 2.38 bits per heavy atom. The number of hydrogen-bond acceptors (Lipinski definition) is 7. The van der Waals surface area contributed by atoms with Gasteiger partial charge in [0.15, 0.2) is 5.78 Å². The predicted octanol–water partition coefficient (Wildman–Crippen LogP) is 2.94. The number of benzene rings is 1. The van der Waals surface area contributed by atoms with Crippen LogP contribution in [-0.2, 0) is 48.3 Å². The molecule has 2 amide bonds. The third-order valence-corrected chi connectivity index (χ3v) is 6.91. The maximum Gasteiger partial charge on any atom is 0.306 e. The second-order valence-corrected chi connectivity index (χ2v) is 10.8. The zero-order valence-electron chi connectivity index (χ0n) is 22.9. The number of aromatic nitrogens is 1. The Balaban J connectivity index is 1.67. The molecule has 0 fully saturated rings. The average molecular weight is 536 g/mol. The van der Waals surface area contributed by atoms with Crippen LogP contribution in [0.3, 0.4) is 0 Å². The maximum atomic E-state index is 13.4. The zero-order chi connectivity index (χ0) is 28.5. The number of esters is 1. The molecule has 2 heterocycles. The third kappa shape index (κ3) is 8.56. The van der Waals surface area contributed by atoms with Gasteiger partial charge in [-0.2, -0.15) is 0 Å². The number of nitrogens with zero attached hydrogens (tertiary/aromatic N) is 1. The number of nitrogens with one attached hydrogen (secondary N) is 2. The van der Waals surface area contributed by atoms with Gasteiger partial charge in [0, 0.05) is 31.3 Å². The van der Waals surface area contributed by atoms with Crippen LogP contribution in [0.5, 0.6) is 0 Å². The number of rotatable bonds is 11. The van der Waals surface area contributed by atoms with Crippen molar-refractivity contribution in [3.8, 4) is 0 Å². The van der Waals surface area contributed by atoms with Crippen LogP contribution in [0.1, 0.15) is 57.2 Å². The van der Waals surface area contributed by atoms with Crippen LogP contribution in [0.2, 0.25) is 0 Å². The fourth-order valence-corrected chi connectivity index (χ4v) is 4.60. The van der Waals surface area contributed by atoms with E-state index >= 15 is 0 Å². The highest BCUT2D eigenvalue weighted by molar-refractivity contribution is 6.37. The number of ketones is 2. The molecule has 2 N–H and O–H groups in total. The summed E-state index contributed by atoms with van der Waals surface area (Å²) in [6.07, 6.45) is 3.10. The Hall–Kier alpha value is -3.88. The van der Waals surface area contributed by atoms with Gasteiger partial charge in [0.05, 0.1) is 18.4 Å². The number of pyridine rings is 1. The molecule has 1 aromatic carbocycles. The molecule has 0 spiro atoms. The maximum absolute atomic E-state index is 13.4. The summed E-state index contributed by atoms with van der Waals surface area (Å²) in [7, 11) is 0. The Labute approximate surface area is 229 Å². The lowest BCUT2D eigenvalue weighted by Crippen LogP contribution is -2.49. The molecule has 2 bridgehead atoms. The van der Waals surface area contributed by atoms with Crippen LogP contribution in [0.4, 0.5) is 0 Å². The van der Waals surface area contributed by atoms with Gasteiger partial charge >= 0.3 is 5.97 Å². The summed E-state index contributed by atoms with van der Waals surface area (Å²) in [4.78, 5) is 68.7. The SMILES string of the molecule is CC(C)C(CC(=O)OCc1ccccc1)C(=O)NC(C(=O)CC1Cc2cncc(c2)CNC(=O)C1=O)C(C)C. The van der Waals surface area contributed by atoms with Gasteiger partial charge < -0.3 is 15.4 Å². The van der Waals surface area contributed by atoms with E-state index in [1.807, 2.05) is 50.2 Å². The number of carbonyl (C=O) groups excluding carboxylic acids is 5. The van der Waals surface area contributed by atoms with Gasteiger partial charge in [-0.25, -0.2) is 0 Å². The van der Waals surface area contributed by atoms with Crippen molar-refractivity contribution < 1.29 is 28.7 Å². The van der Waals surface area contributed by atoms with Crippen LogP contribution in [-0.4, -0.2) is 40.4 Å². The molecule has 1 aliphatic heterocycles. The minimum Gasteiger partial charge on any atom is -0.461 e. The predicted molar refractivity (Wildman–Crippen MR) is 144 cm³/mol. The van der Waals surface area contributed by atoms with Crippen molar-refractivity contribution >= 4 is 29.4 Å². The monoisotopic (exact) mass is 535 g/mol. The highest BCUT2D eigenvalue weighted by Gasteiger charge is 2.35. The first-order valence-corrected chi connectivity index (χ1v) is 13.3. The van der Waals surface area contributed by atoms with Crippen molar-refractivity contribution in [3.05, 3.63) is 65.5 Å². The van der Waals surface area contributed by atoms with E-state index in [4.69, 9.17) is 4.74 Å². The molecular formula is C30H37N3O6. The summed E-state index contributed by atoms with van der Waals surface area (Å²) >= 11 is 0. The van der Waals surface area contributed by atoms with Gasteiger partial charge in [-0.1, -0.05) is 64.1 Å². The van der Waals surface area contributed by atoms with Gasteiger partial charge in [-0.15, -0.1) is 0 Å². The number of ether oxygens (including phenoxy) is 1. The Kier molecular flexibility index (Phi) is 10.5. The molecular weight excluding hydrogens is 498 g/mol. The molecule has 0 saturated heterocycles. The lowest BCUT2D eigenvalue weighted by atomic mass is 9.85. The van der Waals surface area contributed by atoms with Crippen molar-refractivity contribution in [2.75, 3.05) is 0 Å². The topological polar surface area (TPSA) is 132 Å². The second kappa shape index (κ2) is 13.8. The summed E-state index contributed by atoms with van der Waals surface area (Å²) in [5, 5.41) is 5.40. The fraction of sp³-hybridized carbons (Fsp3) is 0.467. The molecule has 3 atom stereocenters. The number of amides is 2. The summed E-state index contributed by atoms with van der Waals surface area (Å²) in [6.45, 7) is 7.55. The van der Waals surface area contributed by atoms with Crippen LogP contribution < -0.4 is 10.6 Å². The normalized spacial score (nSPS) is 16.9. The number of Topliss-reactive ketones (excluding diaryl/α,β-unsaturated/α-hetero) is 2. The molecule has 39 heavy (non-hydrogen) atoms. The number of fused-ring (bicyclic) bond motifs is 2. The zero-order valence-corrected chi connectivity index (χ0v) is 22.9. The molecule has 3 rings (SSSR count). The van der Waals surface area contributed by atoms with Gasteiger partial charge in [-0.3, -0.25) is 29.0 Å². The van der Waals surface area contributed by atoms with E-state index in [0.29, 0.717) is 0 Å². The Morgan fingerprint density at radius 1 is 1.03 bits per heavy atom. The highest BCUT2D eigenvalue weighted by atomic mass is 16.5. The van der Waals surface area contributed by atoms with Crippen LogP contribution in [0, 0.1) is 23.7 Å². The molecule has 1 aromatic heterocycles. The number of carbonyl (C=O) groups is 5. The van der Waals surface area contributed by atoms with Gasteiger partial charge in [-0.05, 0) is 34.9 Å². The molecule has 0 radical (unpaired) electrons. The van der Waals surface area contributed by atoms with Crippen molar-refractivity contribution in [1.29, 1.82) is 0 Å². The molecule has 9 heteroatoms. The molecule has 0 aliphatic carbocycles. The van der Waals surface area contributed by atoms with Crippen LogP contribution >= 0.6 is 0 Å². The van der Waals surface area contributed by atoms with E-state index in [0.717, 1.165) is 16.7 Å². The molecule has 1 aliphatic rings.